The van der Waals surface area contributed by atoms with E-state index in [4.69, 9.17) is 22.6 Å². The Balaban J connectivity index is 2.32. The number of nitrogens with two attached hydrogens (primary N) is 1. The third-order valence-electron chi connectivity index (χ3n) is 2.23. The van der Waals surface area contributed by atoms with E-state index in [9.17, 15) is 0 Å². The average Bonchev–Trinajstić information content (AvgIpc) is 2.35. The Morgan fingerprint density at radius 3 is 2.78 bits per heavy atom. The van der Waals surface area contributed by atoms with Gasteiger partial charge in [0.15, 0.2) is 5.69 Å². The van der Waals surface area contributed by atoms with Gasteiger partial charge in [0.2, 0.25) is 0 Å². The number of nitrogen functional groups attached to an aromatic ring is 1. The quantitative estimate of drug-likeness (QED) is 0.793. The second-order valence-corrected chi connectivity index (χ2v) is 5.15. The van der Waals surface area contributed by atoms with Gasteiger partial charge in [0.1, 0.15) is 11.9 Å². The van der Waals surface area contributed by atoms with E-state index in [0.717, 1.165) is 9.26 Å². The van der Waals surface area contributed by atoms with E-state index >= 15 is 0 Å². The van der Waals surface area contributed by atoms with Crippen LogP contribution in [0.5, 0.6) is 0 Å². The van der Waals surface area contributed by atoms with E-state index in [1.165, 1.54) is 0 Å². The number of hydrogen-bond acceptors (Lipinski definition) is 4. The molecule has 0 saturated heterocycles. The zero-order chi connectivity index (χ0) is 13.1. The number of aromatic nitrogens is 1. The van der Waals surface area contributed by atoms with Gasteiger partial charge in [-0.15, -0.1) is 0 Å². The number of rotatable bonds is 2. The summed E-state index contributed by atoms with van der Waals surface area (Å²) < 4.78 is 1.05. The van der Waals surface area contributed by atoms with Crippen LogP contribution < -0.4 is 11.1 Å². The first-order chi connectivity index (χ1) is 8.60. The van der Waals surface area contributed by atoms with Crippen LogP contribution in [0.15, 0.2) is 30.3 Å². The number of nitrogens with one attached hydrogen (secondary N) is 1. The monoisotopic (exact) mass is 370 g/mol. The van der Waals surface area contributed by atoms with Crippen LogP contribution in [-0.2, 0) is 0 Å². The first kappa shape index (κ1) is 12.9. The van der Waals surface area contributed by atoms with Crippen molar-refractivity contribution in [2.75, 3.05) is 11.1 Å². The molecule has 0 saturated carbocycles. The van der Waals surface area contributed by atoms with Crippen LogP contribution in [0.25, 0.3) is 0 Å². The molecule has 6 heteroatoms. The first-order valence-corrected chi connectivity index (χ1v) is 6.44. The second kappa shape index (κ2) is 5.42. The Bertz CT molecular complexity index is 636. The first-order valence-electron chi connectivity index (χ1n) is 4.99. The molecule has 1 aromatic heterocycles. The van der Waals surface area contributed by atoms with Gasteiger partial charge in [0.25, 0.3) is 0 Å². The molecule has 4 nitrogen and oxygen atoms in total. The maximum Gasteiger partial charge on any atom is 0.165 e. The van der Waals surface area contributed by atoms with Crippen molar-refractivity contribution in [3.05, 3.63) is 44.6 Å². The predicted octanol–water partition coefficient (Wildman–Crippen LogP) is 3.54. The van der Waals surface area contributed by atoms with Gasteiger partial charge in [-0.05, 0) is 52.9 Å². The summed E-state index contributed by atoms with van der Waals surface area (Å²) in [7, 11) is 0. The fraction of sp³-hybridized carbons (Fsp3) is 0. The highest BCUT2D eigenvalue weighted by Crippen LogP contribution is 2.26. The summed E-state index contributed by atoms with van der Waals surface area (Å²) >= 11 is 8.28. The molecule has 90 valence electrons. The van der Waals surface area contributed by atoms with Crippen LogP contribution in [0.4, 0.5) is 17.2 Å². The molecule has 0 unspecified atom stereocenters. The van der Waals surface area contributed by atoms with E-state index in [2.05, 4.69) is 32.9 Å². The van der Waals surface area contributed by atoms with Crippen molar-refractivity contribution in [3.8, 4) is 6.07 Å². The summed E-state index contributed by atoms with van der Waals surface area (Å²) in [4.78, 5) is 4.09. The smallest absolute Gasteiger partial charge is 0.165 e. The Kier molecular flexibility index (Phi) is 3.89. The molecule has 0 amide bonds. The molecule has 0 aliphatic heterocycles. The number of benzene rings is 1. The Labute approximate surface area is 123 Å². The molecule has 2 rings (SSSR count). The molecular formula is C12H8ClIN4. The molecule has 18 heavy (non-hydrogen) atoms. The van der Waals surface area contributed by atoms with Gasteiger partial charge in [0, 0.05) is 3.57 Å². The van der Waals surface area contributed by atoms with Crippen molar-refractivity contribution in [2.45, 2.75) is 0 Å². The molecule has 1 aromatic carbocycles. The predicted molar refractivity (Wildman–Crippen MR) is 80.8 cm³/mol. The SMILES string of the molecule is N#Cc1nc(Nc2ccc(I)cc2Cl)ccc1N. The standard InChI is InChI=1S/C12H8ClIN4/c13-8-5-7(14)1-3-10(8)17-12-4-2-9(16)11(6-15)18-12/h1-5H,16H2,(H,17,18). The summed E-state index contributed by atoms with van der Waals surface area (Å²) in [6.45, 7) is 0. The Hall–Kier alpha value is -1.52. The van der Waals surface area contributed by atoms with E-state index in [1.807, 2.05) is 24.3 Å². The van der Waals surface area contributed by atoms with Gasteiger partial charge in [-0.1, -0.05) is 11.6 Å². The summed E-state index contributed by atoms with van der Waals surface area (Å²) in [6.07, 6.45) is 0. The highest BCUT2D eigenvalue weighted by atomic mass is 127. The molecule has 0 atom stereocenters. The maximum absolute atomic E-state index is 8.85. The highest BCUT2D eigenvalue weighted by Gasteiger charge is 2.05. The van der Waals surface area contributed by atoms with Crippen molar-refractivity contribution >= 4 is 51.4 Å². The van der Waals surface area contributed by atoms with E-state index in [0.29, 0.717) is 16.5 Å². The van der Waals surface area contributed by atoms with Gasteiger partial charge in [0.05, 0.1) is 16.4 Å². The van der Waals surface area contributed by atoms with Crippen LogP contribution in [0.2, 0.25) is 5.02 Å². The number of hydrogen-bond donors (Lipinski definition) is 2. The molecular weight excluding hydrogens is 363 g/mol. The minimum Gasteiger partial charge on any atom is -0.396 e. The second-order valence-electron chi connectivity index (χ2n) is 3.50. The molecule has 2 aromatic rings. The number of pyridine rings is 1. The number of anilines is 3. The lowest BCUT2D eigenvalue weighted by molar-refractivity contribution is 1.26. The third kappa shape index (κ3) is 2.83. The van der Waals surface area contributed by atoms with E-state index < -0.39 is 0 Å². The molecule has 0 aliphatic rings. The van der Waals surface area contributed by atoms with Crippen LogP contribution in [-0.4, -0.2) is 4.98 Å². The normalized spacial score (nSPS) is 9.83. The van der Waals surface area contributed by atoms with Gasteiger partial charge in [-0.25, -0.2) is 4.98 Å². The fourth-order valence-electron chi connectivity index (χ4n) is 1.36. The lowest BCUT2D eigenvalue weighted by atomic mass is 10.3. The third-order valence-corrected chi connectivity index (χ3v) is 3.21. The lowest BCUT2D eigenvalue weighted by Crippen LogP contribution is -1.99. The minimum absolute atomic E-state index is 0.196. The van der Waals surface area contributed by atoms with Crippen LogP contribution in [0, 0.1) is 14.9 Å². The summed E-state index contributed by atoms with van der Waals surface area (Å²) in [5.74, 6) is 0.531. The topological polar surface area (TPSA) is 74.7 Å². The minimum atomic E-state index is 0.196. The summed E-state index contributed by atoms with van der Waals surface area (Å²) in [5, 5.41) is 12.5. The van der Waals surface area contributed by atoms with Gasteiger partial charge in [-0.2, -0.15) is 5.26 Å². The summed E-state index contributed by atoms with van der Waals surface area (Å²) in [6, 6.07) is 10.9. The Morgan fingerprint density at radius 2 is 2.11 bits per heavy atom. The van der Waals surface area contributed by atoms with E-state index in [-0.39, 0.29) is 5.69 Å². The molecule has 0 aliphatic carbocycles. The average molecular weight is 371 g/mol. The van der Waals surface area contributed by atoms with Crippen LogP contribution in [0.1, 0.15) is 5.69 Å². The number of halogens is 2. The van der Waals surface area contributed by atoms with Crippen LogP contribution in [0.3, 0.4) is 0 Å². The molecule has 1 heterocycles. The molecule has 3 N–H and O–H groups in total. The van der Waals surface area contributed by atoms with Gasteiger partial charge in [-0.3, -0.25) is 0 Å². The zero-order valence-electron chi connectivity index (χ0n) is 9.11. The van der Waals surface area contributed by atoms with E-state index in [1.54, 1.807) is 12.1 Å². The van der Waals surface area contributed by atoms with Gasteiger partial charge >= 0.3 is 0 Å². The van der Waals surface area contributed by atoms with Crippen molar-refractivity contribution in [3.63, 3.8) is 0 Å². The number of nitrogens with zero attached hydrogens (tertiary/aromatic N) is 2. The Morgan fingerprint density at radius 1 is 1.33 bits per heavy atom. The molecule has 0 spiro atoms. The molecule has 0 radical (unpaired) electrons. The molecule has 0 bridgehead atoms. The van der Waals surface area contributed by atoms with Crippen molar-refractivity contribution < 1.29 is 0 Å². The van der Waals surface area contributed by atoms with Crippen molar-refractivity contribution in [1.82, 2.24) is 4.98 Å². The summed E-state index contributed by atoms with van der Waals surface area (Å²) in [5.41, 5.74) is 6.89. The van der Waals surface area contributed by atoms with Gasteiger partial charge < -0.3 is 11.1 Å². The largest absolute Gasteiger partial charge is 0.396 e. The van der Waals surface area contributed by atoms with Crippen molar-refractivity contribution in [2.24, 2.45) is 0 Å². The maximum atomic E-state index is 8.85. The zero-order valence-corrected chi connectivity index (χ0v) is 12.0. The van der Waals surface area contributed by atoms with Crippen LogP contribution >= 0.6 is 34.2 Å². The molecule has 0 fully saturated rings. The fourth-order valence-corrected chi connectivity index (χ4v) is 2.26. The number of nitriles is 1. The van der Waals surface area contributed by atoms with Crippen molar-refractivity contribution in [1.29, 1.82) is 5.26 Å². The highest BCUT2D eigenvalue weighted by molar-refractivity contribution is 14.1. The lowest BCUT2D eigenvalue weighted by Gasteiger charge is -2.08.